The van der Waals surface area contributed by atoms with E-state index < -0.39 is 6.10 Å². The first-order valence-electron chi connectivity index (χ1n) is 7.09. The van der Waals surface area contributed by atoms with Crippen LogP contribution in [0.4, 0.5) is 0 Å². The number of rotatable bonds is 5. The Kier molecular flexibility index (Phi) is 4.80. The Bertz CT molecular complexity index is 526. The molecule has 0 fully saturated rings. The van der Waals surface area contributed by atoms with Crippen molar-refractivity contribution >= 4 is 0 Å². The van der Waals surface area contributed by atoms with Gasteiger partial charge in [0.1, 0.15) is 5.75 Å². The number of aliphatic hydroxyl groups excluding tert-OH is 1. The van der Waals surface area contributed by atoms with Crippen molar-refractivity contribution in [3.05, 3.63) is 65.2 Å². The summed E-state index contributed by atoms with van der Waals surface area (Å²) >= 11 is 0. The van der Waals surface area contributed by atoms with Crippen LogP contribution in [0.3, 0.4) is 0 Å². The van der Waals surface area contributed by atoms with Crippen LogP contribution in [0, 0.1) is 5.92 Å². The number of phenols is 1. The van der Waals surface area contributed by atoms with E-state index in [-0.39, 0.29) is 5.75 Å². The van der Waals surface area contributed by atoms with E-state index in [4.69, 9.17) is 0 Å². The lowest BCUT2D eigenvalue weighted by atomic mass is 9.97. The van der Waals surface area contributed by atoms with E-state index in [0.717, 1.165) is 17.5 Å². The molecule has 20 heavy (non-hydrogen) atoms. The molecule has 0 aliphatic heterocycles. The smallest absolute Gasteiger partial charge is 0.115 e. The number of aromatic hydroxyl groups is 1. The van der Waals surface area contributed by atoms with Gasteiger partial charge in [0.2, 0.25) is 0 Å². The predicted molar refractivity (Wildman–Crippen MR) is 81.8 cm³/mol. The van der Waals surface area contributed by atoms with Gasteiger partial charge in [0.15, 0.2) is 0 Å². The fourth-order valence-corrected chi connectivity index (χ4v) is 2.32. The maximum Gasteiger partial charge on any atom is 0.115 e. The first kappa shape index (κ1) is 14.6. The summed E-state index contributed by atoms with van der Waals surface area (Å²) in [5.41, 5.74) is 3.26. The molecule has 2 aromatic rings. The van der Waals surface area contributed by atoms with Gasteiger partial charge >= 0.3 is 0 Å². The number of hydrogen-bond donors (Lipinski definition) is 2. The van der Waals surface area contributed by atoms with Crippen LogP contribution in [0.1, 0.15) is 36.6 Å². The minimum absolute atomic E-state index is 0.251. The molecule has 1 unspecified atom stereocenters. The van der Waals surface area contributed by atoms with Gasteiger partial charge < -0.3 is 10.2 Å². The molecule has 106 valence electrons. The zero-order valence-corrected chi connectivity index (χ0v) is 12.1. The molecule has 1 atom stereocenters. The molecule has 0 aliphatic rings. The van der Waals surface area contributed by atoms with E-state index in [1.807, 2.05) is 24.3 Å². The van der Waals surface area contributed by atoms with Crippen LogP contribution in [-0.2, 0) is 12.8 Å². The van der Waals surface area contributed by atoms with E-state index in [9.17, 15) is 10.2 Å². The molecule has 0 heterocycles. The van der Waals surface area contributed by atoms with E-state index in [2.05, 4.69) is 26.0 Å². The fourth-order valence-electron chi connectivity index (χ4n) is 2.32. The average Bonchev–Trinajstić information content (AvgIpc) is 2.41. The molecule has 0 saturated carbocycles. The molecule has 0 spiro atoms. The molecule has 0 saturated heterocycles. The Hall–Kier alpha value is -1.80. The Balaban J connectivity index is 2.01. The van der Waals surface area contributed by atoms with E-state index in [1.165, 1.54) is 5.56 Å². The molecule has 2 nitrogen and oxygen atoms in total. The summed E-state index contributed by atoms with van der Waals surface area (Å²) in [6.45, 7) is 4.40. The number of aliphatic hydroxyl groups is 1. The summed E-state index contributed by atoms with van der Waals surface area (Å²) in [5, 5.41) is 19.5. The highest BCUT2D eigenvalue weighted by Crippen LogP contribution is 2.21. The quantitative estimate of drug-likeness (QED) is 0.866. The van der Waals surface area contributed by atoms with Crippen molar-refractivity contribution in [3.63, 3.8) is 0 Å². The van der Waals surface area contributed by atoms with Crippen molar-refractivity contribution in [1.82, 2.24) is 0 Å². The monoisotopic (exact) mass is 270 g/mol. The van der Waals surface area contributed by atoms with Crippen LogP contribution < -0.4 is 0 Å². The SMILES string of the molecule is CC(C)Cc1ccc(C(O)Cc2ccc(O)cc2)cc1. The predicted octanol–water partition coefficient (Wildman–Crippen LogP) is 3.87. The third-order valence-corrected chi connectivity index (χ3v) is 3.37. The maximum absolute atomic E-state index is 10.3. The van der Waals surface area contributed by atoms with Crippen LogP contribution in [-0.4, -0.2) is 10.2 Å². The summed E-state index contributed by atoms with van der Waals surface area (Å²) in [4.78, 5) is 0. The van der Waals surface area contributed by atoms with Crippen LogP contribution in [0.25, 0.3) is 0 Å². The third kappa shape index (κ3) is 4.10. The van der Waals surface area contributed by atoms with Crippen molar-refractivity contribution in [1.29, 1.82) is 0 Å². The summed E-state index contributed by atoms with van der Waals surface area (Å²) in [6, 6.07) is 15.2. The van der Waals surface area contributed by atoms with Gasteiger partial charge in [-0.3, -0.25) is 0 Å². The van der Waals surface area contributed by atoms with E-state index >= 15 is 0 Å². The normalized spacial score (nSPS) is 12.6. The molecule has 2 rings (SSSR count). The van der Waals surface area contributed by atoms with Gasteiger partial charge in [-0.05, 0) is 41.2 Å². The molecular weight excluding hydrogens is 248 g/mol. The maximum atomic E-state index is 10.3. The van der Waals surface area contributed by atoms with Crippen LogP contribution in [0.2, 0.25) is 0 Å². The Morgan fingerprint density at radius 3 is 1.85 bits per heavy atom. The molecule has 0 aliphatic carbocycles. The lowest BCUT2D eigenvalue weighted by Gasteiger charge is -2.12. The average molecular weight is 270 g/mol. The van der Waals surface area contributed by atoms with Crippen LogP contribution in [0.15, 0.2) is 48.5 Å². The van der Waals surface area contributed by atoms with Gasteiger partial charge in [-0.25, -0.2) is 0 Å². The van der Waals surface area contributed by atoms with E-state index in [1.54, 1.807) is 12.1 Å². The second-order valence-electron chi connectivity index (χ2n) is 5.73. The highest BCUT2D eigenvalue weighted by molar-refractivity contribution is 5.29. The molecular formula is C18H22O2. The first-order valence-corrected chi connectivity index (χ1v) is 7.09. The van der Waals surface area contributed by atoms with Crippen LogP contribution in [0.5, 0.6) is 5.75 Å². The molecule has 2 aromatic carbocycles. The molecule has 0 bridgehead atoms. The Morgan fingerprint density at radius 2 is 1.30 bits per heavy atom. The molecule has 0 radical (unpaired) electrons. The Labute approximate surface area is 120 Å². The van der Waals surface area contributed by atoms with Crippen molar-refractivity contribution in [2.45, 2.75) is 32.8 Å². The van der Waals surface area contributed by atoms with Gasteiger partial charge in [-0.1, -0.05) is 50.2 Å². The molecule has 2 heteroatoms. The zero-order chi connectivity index (χ0) is 14.5. The minimum atomic E-state index is -0.507. The zero-order valence-electron chi connectivity index (χ0n) is 12.1. The van der Waals surface area contributed by atoms with Gasteiger partial charge in [-0.15, -0.1) is 0 Å². The lowest BCUT2D eigenvalue weighted by molar-refractivity contribution is 0.178. The standard InChI is InChI=1S/C18H22O2/c1-13(2)11-14-3-7-16(8-4-14)18(20)12-15-5-9-17(19)10-6-15/h3-10,13,18-20H,11-12H2,1-2H3. The van der Waals surface area contributed by atoms with Crippen molar-refractivity contribution in [2.24, 2.45) is 5.92 Å². The van der Waals surface area contributed by atoms with Crippen LogP contribution >= 0.6 is 0 Å². The molecule has 0 aromatic heterocycles. The number of phenolic OH excluding ortho intramolecular Hbond substituents is 1. The number of hydrogen-bond acceptors (Lipinski definition) is 2. The van der Waals surface area contributed by atoms with E-state index in [0.29, 0.717) is 12.3 Å². The topological polar surface area (TPSA) is 40.5 Å². The van der Waals surface area contributed by atoms with Gasteiger partial charge in [-0.2, -0.15) is 0 Å². The lowest BCUT2D eigenvalue weighted by Crippen LogP contribution is -2.02. The van der Waals surface area contributed by atoms with Gasteiger partial charge in [0, 0.05) is 6.42 Å². The van der Waals surface area contributed by atoms with Crippen molar-refractivity contribution < 1.29 is 10.2 Å². The highest BCUT2D eigenvalue weighted by Gasteiger charge is 2.09. The Morgan fingerprint density at radius 1 is 0.800 bits per heavy atom. The summed E-state index contributed by atoms with van der Waals surface area (Å²) in [6.07, 6.45) is 1.12. The second-order valence-corrected chi connectivity index (χ2v) is 5.73. The van der Waals surface area contributed by atoms with Crippen molar-refractivity contribution in [3.8, 4) is 5.75 Å². The molecule has 0 amide bonds. The highest BCUT2D eigenvalue weighted by atomic mass is 16.3. The van der Waals surface area contributed by atoms with Crippen molar-refractivity contribution in [2.75, 3.05) is 0 Å². The number of benzene rings is 2. The molecule has 2 N–H and O–H groups in total. The second kappa shape index (κ2) is 6.58. The van der Waals surface area contributed by atoms with Gasteiger partial charge in [0.05, 0.1) is 6.10 Å². The summed E-state index contributed by atoms with van der Waals surface area (Å²) in [7, 11) is 0. The first-order chi connectivity index (χ1) is 9.54. The fraction of sp³-hybridized carbons (Fsp3) is 0.333. The van der Waals surface area contributed by atoms with Gasteiger partial charge in [0.25, 0.3) is 0 Å². The largest absolute Gasteiger partial charge is 0.508 e. The summed E-state index contributed by atoms with van der Waals surface area (Å²) < 4.78 is 0. The minimum Gasteiger partial charge on any atom is -0.508 e. The third-order valence-electron chi connectivity index (χ3n) is 3.37. The summed E-state index contributed by atoms with van der Waals surface area (Å²) in [5.74, 6) is 0.893.